The first-order valence-corrected chi connectivity index (χ1v) is 4.92. The van der Waals surface area contributed by atoms with Gasteiger partial charge in [-0.2, -0.15) is 0 Å². The molecule has 0 bridgehead atoms. The van der Waals surface area contributed by atoms with E-state index < -0.39 is 0 Å². The predicted molar refractivity (Wildman–Crippen MR) is 52.0 cm³/mol. The van der Waals surface area contributed by atoms with Crippen molar-refractivity contribution >= 4 is 15.9 Å². The highest BCUT2D eigenvalue weighted by Crippen LogP contribution is 2.25. The van der Waals surface area contributed by atoms with Crippen molar-refractivity contribution in [2.45, 2.75) is 19.4 Å². The van der Waals surface area contributed by atoms with Crippen LogP contribution in [-0.2, 0) is 0 Å². The molecule has 1 atom stereocenters. The molecule has 0 aliphatic carbocycles. The van der Waals surface area contributed by atoms with E-state index in [9.17, 15) is 0 Å². The van der Waals surface area contributed by atoms with Gasteiger partial charge in [0.1, 0.15) is 0 Å². The molecule has 2 nitrogen and oxygen atoms in total. The predicted octanol–water partition coefficient (Wildman–Crippen LogP) is 2.19. The molecule has 12 heavy (non-hydrogen) atoms. The minimum Gasteiger partial charge on any atom is -0.309 e. The Morgan fingerprint density at radius 1 is 1.67 bits per heavy atom. The zero-order valence-electron chi connectivity index (χ0n) is 6.97. The summed E-state index contributed by atoms with van der Waals surface area (Å²) in [6, 6.07) is 2.61. The first-order valence-electron chi connectivity index (χ1n) is 4.13. The quantitative estimate of drug-likeness (QED) is 0.795. The van der Waals surface area contributed by atoms with Crippen LogP contribution in [0.1, 0.15) is 23.7 Å². The summed E-state index contributed by atoms with van der Waals surface area (Å²) in [5, 5.41) is 3.34. The Kier molecular flexibility index (Phi) is 2.15. The van der Waals surface area contributed by atoms with Crippen molar-refractivity contribution in [2.75, 3.05) is 6.54 Å². The lowest BCUT2D eigenvalue weighted by molar-refractivity contribution is 0.373. The van der Waals surface area contributed by atoms with Crippen LogP contribution >= 0.6 is 15.9 Å². The van der Waals surface area contributed by atoms with E-state index >= 15 is 0 Å². The van der Waals surface area contributed by atoms with E-state index in [2.05, 4.69) is 39.2 Å². The van der Waals surface area contributed by atoms with Crippen LogP contribution in [0.3, 0.4) is 0 Å². The third-order valence-corrected chi connectivity index (χ3v) is 2.67. The second-order valence-corrected chi connectivity index (χ2v) is 4.07. The highest BCUT2D eigenvalue weighted by atomic mass is 79.9. The van der Waals surface area contributed by atoms with Gasteiger partial charge in [0, 0.05) is 10.7 Å². The van der Waals surface area contributed by atoms with Crippen molar-refractivity contribution in [1.82, 2.24) is 10.3 Å². The summed E-state index contributed by atoms with van der Waals surface area (Å²) >= 11 is 3.40. The molecule has 0 unspecified atom stereocenters. The first-order chi connectivity index (χ1) is 5.77. The van der Waals surface area contributed by atoms with E-state index in [1.165, 1.54) is 17.7 Å². The minimum absolute atomic E-state index is 0.498. The fourth-order valence-electron chi connectivity index (χ4n) is 1.44. The second kappa shape index (κ2) is 3.15. The van der Waals surface area contributed by atoms with Crippen molar-refractivity contribution in [3.63, 3.8) is 0 Å². The Hall–Kier alpha value is -0.410. The van der Waals surface area contributed by atoms with Crippen molar-refractivity contribution < 1.29 is 0 Å². The summed E-state index contributed by atoms with van der Waals surface area (Å²) in [6.45, 7) is 3.23. The van der Waals surface area contributed by atoms with E-state index in [1.54, 1.807) is 0 Å². The van der Waals surface area contributed by atoms with Crippen LogP contribution in [0.4, 0.5) is 0 Å². The van der Waals surface area contributed by atoms with Crippen LogP contribution in [0.5, 0.6) is 0 Å². The number of halogens is 1. The van der Waals surface area contributed by atoms with Gasteiger partial charge in [0.2, 0.25) is 0 Å². The molecule has 0 radical (unpaired) electrons. The summed E-state index contributed by atoms with van der Waals surface area (Å²) in [4.78, 5) is 4.39. The third-order valence-electron chi connectivity index (χ3n) is 2.24. The highest BCUT2D eigenvalue weighted by molar-refractivity contribution is 9.10. The lowest BCUT2D eigenvalue weighted by atomic mass is 10.00. The maximum atomic E-state index is 4.39. The van der Waals surface area contributed by atoms with Crippen LogP contribution in [-0.4, -0.2) is 11.5 Å². The first kappa shape index (κ1) is 8.20. The van der Waals surface area contributed by atoms with Gasteiger partial charge in [0.05, 0.1) is 11.7 Å². The van der Waals surface area contributed by atoms with Gasteiger partial charge in [-0.05, 0) is 47.4 Å². The maximum absolute atomic E-state index is 4.39. The molecule has 0 spiro atoms. The van der Waals surface area contributed by atoms with Gasteiger partial charge in [0.25, 0.3) is 0 Å². The Morgan fingerprint density at radius 3 is 2.92 bits per heavy atom. The molecule has 1 aliphatic rings. The number of aryl methyl sites for hydroxylation is 1. The topological polar surface area (TPSA) is 24.9 Å². The van der Waals surface area contributed by atoms with Crippen LogP contribution in [0.15, 0.2) is 16.7 Å². The monoisotopic (exact) mass is 226 g/mol. The van der Waals surface area contributed by atoms with Crippen molar-refractivity contribution in [3.8, 4) is 0 Å². The van der Waals surface area contributed by atoms with Crippen LogP contribution < -0.4 is 5.32 Å². The summed E-state index contributed by atoms with van der Waals surface area (Å²) in [7, 11) is 0. The molecule has 0 amide bonds. The molecule has 1 fully saturated rings. The van der Waals surface area contributed by atoms with Crippen LogP contribution in [0.25, 0.3) is 0 Å². The summed E-state index contributed by atoms with van der Waals surface area (Å²) in [5.41, 5.74) is 2.46. The SMILES string of the molecule is Cc1cc(Br)cnc1[C@H]1CCN1. The largest absolute Gasteiger partial charge is 0.309 e. The smallest absolute Gasteiger partial charge is 0.0603 e. The molecule has 1 saturated heterocycles. The second-order valence-electron chi connectivity index (χ2n) is 3.15. The van der Waals surface area contributed by atoms with E-state index in [4.69, 9.17) is 0 Å². The Balaban J connectivity index is 2.31. The standard InChI is InChI=1S/C9H11BrN2/c1-6-4-7(10)5-12-9(6)8-2-3-11-8/h4-5,8,11H,2-3H2,1H3/t8-/m1/s1. The number of hydrogen-bond acceptors (Lipinski definition) is 2. The molecule has 0 saturated carbocycles. The zero-order chi connectivity index (χ0) is 8.55. The average Bonchev–Trinajstić information content (AvgIpc) is 1.91. The molecule has 1 aromatic heterocycles. The van der Waals surface area contributed by atoms with Gasteiger partial charge in [-0.15, -0.1) is 0 Å². The number of aromatic nitrogens is 1. The van der Waals surface area contributed by atoms with Gasteiger partial charge in [-0.3, -0.25) is 4.98 Å². The van der Waals surface area contributed by atoms with Gasteiger partial charge >= 0.3 is 0 Å². The Bertz CT molecular complexity index is 295. The highest BCUT2D eigenvalue weighted by Gasteiger charge is 2.21. The van der Waals surface area contributed by atoms with E-state index in [0.717, 1.165) is 11.0 Å². The average molecular weight is 227 g/mol. The summed E-state index contributed by atoms with van der Waals surface area (Å²) in [5.74, 6) is 0. The van der Waals surface area contributed by atoms with Crippen molar-refractivity contribution in [3.05, 3.63) is 28.0 Å². The van der Waals surface area contributed by atoms with Crippen LogP contribution in [0, 0.1) is 6.92 Å². The summed E-state index contributed by atoms with van der Waals surface area (Å²) < 4.78 is 1.06. The molecule has 1 N–H and O–H groups in total. The van der Waals surface area contributed by atoms with Gasteiger partial charge in [-0.1, -0.05) is 0 Å². The Labute approximate surface area is 80.5 Å². The molecular formula is C9H11BrN2. The fraction of sp³-hybridized carbons (Fsp3) is 0.444. The number of nitrogens with one attached hydrogen (secondary N) is 1. The number of rotatable bonds is 1. The zero-order valence-corrected chi connectivity index (χ0v) is 8.56. The number of pyridine rings is 1. The van der Waals surface area contributed by atoms with E-state index in [-0.39, 0.29) is 0 Å². The number of hydrogen-bond donors (Lipinski definition) is 1. The number of nitrogens with zero attached hydrogens (tertiary/aromatic N) is 1. The molecule has 3 heteroatoms. The Morgan fingerprint density at radius 2 is 2.42 bits per heavy atom. The van der Waals surface area contributed by atoms with Crippen molar-refractivity contribution in [2.24, 2.45) is 0 Å². The van der Waals surface area contributed by atoms with E-state index in [1.807, 2.05) is 6.20 Å². The lowest BCUT2D eigenvalue weighted by Crippen LogP contribution is -2.36. The normalized spacial score (nSPS) is 22.0. The van der Waals surface area contributed by atoms with E-state index in [0.29, 0.717) is 6.04 Å². The van der Waals surface area contributed by atoms with Gasteiger partial charge in [0.15, 0.2) is 0 Å². The molecule has 1 aromatic rings. The van der Waals surface area contributed by atoms with Gasteiger partial charge in [-0.25, -0.2) is 0 Å². The fourth-order valence-corrected chi connectivity index (χ4v) is 1.88. The lowest BCUT2D eigenvalue weighted by Gasteiger charge is -2.28. The molecule has 2 heterocycles. The third kappa shape index (κ3) is 1.39. The molecule has 0 aromatic carbocycles. The minimum atomic E-state index is 0.498. The molecule has 2 rings (SSSR count). The van der Waals surface area contributed by atoms with Crippen molar-refractivity contribution in [1.29, 1.82) is 0 Å². The molecule has 1 aliphatic heterocycles. The van der Waals surface area contributed by atoms with Gasteiger partial charge < -0.3 is 5.32 Å². The summed E-state index contributed by atoms with van der Waals surface area (Å²) in [6.07, 6.45) is 3.08. The molecule has 64 valence electrons. The van der Waals surface area contributed by atoms with Crippen LogP contribution in [0.2, 0.25) is 0 Å². The maximum Gasteiger partial charge on any atom is 0.0603 e. The molecular weight excluding hydrogens is 216 g/mol.